The van der Waals surface area contributed by atoms with Gasteiger partial charge in [-0.2, -0.15) is 0 Å². The monoisotopic (exact) mass is 337 g/mol. The van der Waals surface area contributed by atoms with Crippen LogP contribution in [0.1, 0.15) is 41.0 Å². The van der Waals surface area contributed by atoms with Crippen LogP contribution >= 0.6 is 11.8 Å². The van der Waals surface area contributed by atoms with Gasteiger partial charge in [0.25, 0.3) is 11.8 Å². The van der Waals surface area contributed by atoms with Crippen molar-refractivity contribution in [2.75, 3.05) is 19.5 Å². The number of hydroxylamine groups is 2. The number of carbonyl (C=O) groups excluding carboxylic acids is 3. The van der Waals surface area contributed by atoms with Gasteiger partial charge in [0.15, 0.2) is 0 Å². The predicted octanol–water partition coefficient (Wildman–Crippen LogP) is 2.29. The first-order valence-corrected chi connectivity index (χ1v) is 8.50. The second-order valence-electron chi connectivity index (χ2n) is 5.19. The second-order valence-corrected chi connectivity index (χ2v) is 6.50. The number of amides is 2. The lowest BCUT2D eigenvalue weighted by Gasteiger charge is -2.25. The average Bonchev–Trinajstić information content (AvgIpc) is 2.80. The van der Waals surface area contributed by atoms with Crippen molar-refractivity contribution in [2.45, 2.75) is 25.0 Å². The maximum Gasteiger partial charge on any atom is 0.321 e. The van der Waals surface area contributed by atoms with Gasteiger partial charge in [0.2, 0.25) is 0 Å². The normalized spacial score (nSPS) is 16.2. The van der Waals surface area contributed by atoms with Crippen molar-refractivity contribution >= 4 is 29.5 Å². The van der Waals surface area contributed by atoms with E-state index < -0.39 is 16.6 Å². The fraction of sp³-hybridized carbons (Fsp3) is 0.438. The Labute approximate surface area is 139 Å². The summed E-state index contributed by atoms with van der Waals surface area (Å²) in [5.41, 5.74) is 0.658. The van der Waals surface area contributed by atoms with Crippen LogP contribution in [0.5, 0.6) is 0 Å². The highest BCUT2D eigenvalue weighted by Gasteiger charge is 2.38. The van der Waals surface area contributed by atoms with E-state index in [1.54, 1.807) is 44.4 Å². The summed E-state index contributed by atoms with van der Waals surface area (Å²) >= 11 is 1.35. The molecule has 2 rings (SSSR count). The summed E-state index contributed by atoms with van der Waals surface area (Å²) in [6, 6.07) is 6.56. The highest BCUT2D eigenvalue weighted by atomic mass is 32.2. The third-order valence-electron chi connectivity index (χ3n) is 3.71. The van der Waals surface area contributed by atoms with Crippen molar-refractivity contribution in [1.29, 1.82) is 0 Å². The first kappa shape index (κ1) is 17.5. The fourth-order valence-corrected chi connectivity index (χ4v) is 2.70. The number of ether oxygens (including phenoxy) is 1. The average molecular weight is 337 g/mol. The van der Waals surface area contributed by atoms with Crippen molar-refractivity contribution in [3.63, 3.8) is 0 Å². The number of esters is 1. The largest absolute Gasteiger partial charge is 0.465 e. The van der Waals surface area contributed by atoms with Gasteiger partial charge in [-0.15, -0.1) is 16.8 Å². The van der Waals surface area contributed by atoms with E-state index in [-0.39, 0.29) is 12.6 Å². The zero-order valence-corrected chi connectivity index (χ0v) is 14.1. The molecule has 0 N–H and O–H groups in total. The van der Waals surface area contributed by atoms with Crippen LogP contribution in [0.4, 0.5) is 0 Å². The highest BCUT2D eigenvalue weighted by Crippen LogP contribution is 2.29. The summed E-state index contributed by atoms with van der Waals surface area (Å²) in [5.74, 6) is -1.29. The Balaban J connectivity index is 1.98. The van der Waals surface area contributed by atoms with Gasteiger partial charge in [0.05, 0.1) is 24.3 Å². The van der Waals surface area contributed by atoms with Crippen LogP contribution in [-0.2, 0) is 14.4 Å². The number of imide groups is 1. The molecule has 0 aliphatic carbocycles. The SMILES string of the molecule is CCOC(=O)C(C)(CCON1C(=O)c2ccccc2C1=O)SC. The van der Waals surface area contributed by atoms with E-state index in [0.29, 0.717) is 24.2 Å². The predicted molar refractivity (Wildman–Crippen MR) is 86.1 cm³/mol. The van der Waals surface area contributed by atoms with Gasteiger partial charge in [-0.05, 0) is 38.7 Å². The van der Waals surface area contributed by atoms with Crippen LogP contribution < -0.4 is 0 Å². The summed E-state index contributed by atoms with van der Waals surface area (Å²) in [6.45, 7) is 3.85. The summed E-state index contributed by atoms with van der Waals surface area (Å²) in [6.07, 6.45) is 2.12. The minimum absolute atomic E-state index is 0.0572. The topological polar surface area (TPSA) is 72.9 Å². The summed E-state index contributed by atoms with van der Waals surface area (Å²) in [7, 11) is 0. The van der Waals surface area contributed by atoms with E-state index in [0.717, 1.165) is 5.06 Å². The van der Waals surface area contributed by atoms with Crippen LogP contribution in [0, 0.1) is 0 Å². The fourth-order valence-electron chi connectivity index (χ4n) is 2.19. The number of benzene rings is 1. The van der Waals surface area contributed by atoms with Crippen LogP contribution in [0.25, 0.3) is 0 Å². The third kappa shape index (κ3) is 3.40. The lowest BCUT2D eigenvalue weighted by atomic mass is 10.1. The van der Waals surface area contributed by atoms with E-state index in [2.05, 4.69) is 0 Å². The first-order chi connectivity index (χ1) is 10.9. The quantitative estimate of drug-likeness (QED) is 0.561. The molecule has 2 amide bonds. The van der Waals surface area contributed by atoms with Gasteiger partial charge >= 0.3 is 5.97 Å². The molecule has 124 valence electrons. The van der Waals surface area contributed by atoms with Gasteiger partial charge in [-0.3, -0.25) is 19.2 Å². The molecule has 0 spiro atoms. The number of thioether (sulfide) groups is 1. The van der Waals surface area contributed by atoms with Crippen LogP contribution in [0.2, 0.25) is 0 Å². The maximum absolute atomic E-state index is 12.2. The molecule has 0 fully saturated rings. The third-order valence-corrected chi connectivity index (χ3v) is 4.99. The number of nitrogens with zero attached hydrogens (tertiary/aromatic N) is 1. The Morgan fingerprint density at radius 3 is 2.26 bits per heavy atom. The molecule has 1 heterocycles. The van der Waals surface area contributed by atoms with E-state index in [4.69, 9.17) is 9.57 Å². The van der Waals surface area contributed by atoms with Crippen molar-refractivity contribution in [3.8, 4) is 0 Å². The maximum atomic E-state index is 12.2. The Morgan fingerprint density at radius 1 is 1.22 bits per heavy atom. The molecule has 6 nitrogen and oxygen atoms in total. The minimum Gasteiger partial charge on any atom is -0.465 e. The number of carbonyl (C=O) groups is 3. The zero-order valence-electron chi connectivity index (χ0n) is 13.3. The highest BCUT2D eigenvalue weighted by molar-refractivity contribution is 8.00. The van der Waals surface area contributed by atoms with Crippen molar-refractivity contribution in [2.24, 2.45) is 0 Å². The molecular weight excluding hydrogens is 318 g/mol. The lowest BCUT2D eigenvalue weighted by molar-refractivity contribution is -0.147. The number of hydrogen-bond acceptors (Lipinski definition) is 6. The lowest BCUT2D eigenvalue weighted by Crippen LogP contribution is -2.37. The molecule has 7 heteroatoms. The molecule has 0 aromatic heterocycles. The van der Waals surface area contributed by atoms with E-state index in [1.165, 1.54) is 11.8 Å². The zero-order chi connectivity index (χ0) is 17.0. The molecular formula is C16H19NO5S. The summed E-state index contributed by atoms with van der Waals surface area (Å²) in [4.78, 5) is 41.6. The molecule has 1 aliphatic heterocycles. The standard InChI is InChI=1S/C16H19NO5S/c1-4-21-15(20)16(2,23-3)9-10-22-17-13(18)11-7-5-6-8-12(11)14(17)19/h5-8H,4,9-10H2,1-3H3. The molecule has 0 saturated carbocycles. The Morgan fingerprint density at radius 2 is 1.78 bits per heavy atom. The Kier molecular flexibility index (Phi) is 5.43. The van der Waals surface area contributed by atoms with Gasteiger partial charge in [-0.1, -0.05) is 12.1 Å². The molecule has 1 aliphatic rings. The molecule has 23 heavy (non-hydrogen) atoms. The minimum atomic E-state index is -0.783. The van der Waals surface area contributed by atoms with Crippen molar-refractivity contribution in [1.82, 2.24) is 5.06 Å². The van der Waals surface area contributed by atoms with Gasteiger partial charge in [0.1, 0.15) is 4.75 Å². The van der Waals surface area contributed by atoms with Crippen molar-refractivity contribution in [3.05, 3.63) is 35.4 Å². The van der Waals surface area contributed by atoms with Gasteiger partial charge in [0, 0.05) is 0 Å². The molecule has 1 unspecified atom stereocenters. The first-order valence-electron chi connectivity index (χ1n) is 7.27. The molecule has 1 aromatic carbocycles. The molecule has 1 atom stereocenters. The van der Waals surface area contributed by atoms with Crippen molar-refractivity contribution < 1.29 is 24.0 Å². The molecule has 0 radical (unpaired) electrons. The number of rotatable bonds is 7. The Hall–Kier alpha value is -1.86. The van der Waals surface area contributed by atoms with E-state index >= 15 is 0 Å². The number of hydrogen-bond donors (Lipinski definition) is 0. The number of fused-ring (bicyclic) bond motifs is 1. The van der Waals surface area contributed by atoms with E-state index in [9.17, 15) is 14.4 Å². The molecule has 0 saturated heterocycles. The van der Waals surface area contributed by atoms with Crippen LogP contribution in [-0.4, -0.2) is 47.1 Å². The second kappa shape index (κ2) is 7.14. The van der Waals surface area contributed by atoms with Crippen LogP contribution in [0.3, 0.4) is 0 Å². The molecule has 0 bridgehead atoms. The van der Waals surface area contributed by atoms with Gasteiger partial charge in [-0.25, -0.2) is 0 Å². The smallest absolute Gasteiger partial charge is 0.321 e. The molecule has 1 aromatic rings. The Bertz CT molecular complexity index is 598. The summed E-state index contributed by atoms with van der Waals surface area (Å²) < 4.78 is 4.27. The summed E-state index contributed by atoms with van der Waals surface area (Å²) in [5, 5.41) is 0.760. The van der Waals surface area contributed by atoms with E-state index in [1.807, 2.05) is 0 Å². The van der Waals surface area contributed by atoms with Crippen LogP contribution in [0.15, 0.2) is 24.3 Å². The van der Waals surface area contributed by atoms with Gasteiger partial charge < -0.3 is 4.74 Å².